The van der Waals surface area contributed by atoms with Crippen molar-refractivity contribution < 1.29 is 12.8 Å². The molecule has 0 aliphatic heterocycles. The molecule has 0 saturated heterocycles. The average molecular weight is 225 g/mol. The molecule has 0 atom stereocenters. The fourth-order valence-electron chi connectivity index (χ4n) is 0.701. The van der Waals surface area contributed by atoms with Crippen molar-refractivity contribution in [3.63, 3.8) is 0 Å². The summed E-state index contributed by atoms with van der Waals surface area (Å²) in [5, 5.41) is 0. The van der Waals surface area contributed by atoms with Crippen LogP contribution in [0.4, 0.5) is 4.39 Å². The minimum atomic E-state index is -3.55. The molecule has 1 rings (SSSR count). The van der Waals surface area contributed by atoms with Crippen LogP contribution in [-0.2, 0) is 9.05 Å². The Morgan fingerprint density at radius 1 is 1.15 bits per heavy atom. The summed E-state index contributed by atoms with van der Waals surface area (Å²) in [7, 11) is 2.04. The molecule has 13 heavy (non-hydrogen) atoms. The third-order valence-electron chi connectivity index (χ3n) is 1.30. The SMILES string of the molecule is CF.Cc1ccc(S(=O)(=O)Cl)cc1. The van der Waals surface area contributed by atoms with Crippen LogP contribution < -0.4 is 0 Å². The number of alkyl halides is 1. The number of halogens is 2. The summed E-state index contributed by atoms with van der Waals surface area (Å²) in [6, 6.07) is 6.37. The fraction of sp³-hybridized carbons (Fsp3) is 0.250. The van der Waals surface area contributed by atoms with Crippen molar-refractivity contribution in [1.82, 2.24) is 0 Å². The fourth-order valence-corrected chi connectivity index (χ4v) is 1.47. The second kappa shape index (κ2) is 5.19. The van der Waals surface area contributed by atoms with E-state index in [1.807, 2.05) is 6.92 Å². The second-order valence-electron chi connectivity index (χ2n) is 2.25. The lowest BCUT2D eigenvalue weighted by atomic mass is 10.2. The van der Waals surface area contributed by atoms with Crippen LogP contribution in [0.25, 0.3) is 0 Å². The Bertz CT molecular complexity index is 345. The molecule has 0 N–H and O–H groups in total. The van der Waals surface area contributed by atoms with Gasteiger partial charge in [0.2, 0.25) is 0 Å². The first-order valence-corrected chi connectivity index (χ1v) is 5.70. The Hall–Kier alpha value is -0.610. The van der Waals surface area contributed by atoms with E-state index in [1.165, 1.54) is 12.1 Å². The Labute approximate surface area is 81.8 Å². The molecule has 1 aromatic rings. The maximum Gasteiger partial charge on any atom is 0.261 e. The molecule has 0 bridgehead atoms. The smallest absolute Gasteiger partial charge is 0.255 e. The first kappa shape index (κ1) is 12.4. The van der Waals surface area contributed by atoms with Crippen LogP contribution in [0.3, 0.4) is 0 Å². The maximum atomic E-state index is 10.7. The van der Waals surface area contributed by atoms with Crippen molar-refractivity contribution in [2.24, 2.45) is 0 Å². The lowest BCUT2D eigenvalue weighted by Crippen LogP contribution is -1.89. The summed E-state index contributed by atoms with van der Waals surface area (Å²) >= 11 is 0. The van der Waals surface area contributed by atoms with Crippen LogP contribution in [-0.4, -0.2) is 15.6 Å². The van der Waals surface area contributed by atoms with Gasteiger partial charge in [-0.25, -0.2) is 8.42 Å². The summed E-state index contributed by atoms with van der Waals surface area (Å²) in [5.41, 5.74) is 1.01. The van der Waals surface area contributed by atoms with Gasteiger partial charge in [0.25, 0.3) is 9.05 Å². The Morgan fingerprint density at radius 3 is 1.85 bits per heavy atom. The van der Waals surface area contributed by atoms with Crippen LogP contribution >= 0.6 is 10.7 Å². The van der Waals surface area contributed by atoms with E-state index in [0.29, 0.717) is 7.18 Å². The molecule has 2 nitrogen and oxygen atoms in total. The Morgan fingerprint density at radius 2 is 1.54 bits per heavy atom. The average Bonchev–Trinajstić information content (AvgIpc) is 2.07. The number of hydrogen-bond acceptors (Lipinski definition) is 2. The normalized spacial score (nSPS) is 10.2. The summed E-state index contributed by atoms with van der Waals surface area (Å²) < 4.78 is 30.9. The standard InChI is InChI=1S/C7H7ClO2S.CH3F/c1-6-2-4-7(5-3-6)11(8,9)10;1-2/h2-5H,1H3;1H3. The van der Waals surface area contributed by atoms with Gasteiger partial charge in [-0.15, -0.1) is 0 Å². The zero-order valence-corrected chi connectivity index (χ0v) is 8.86. The van der Waals surface area contributed by atoms with Gasteiger partial charge in [-0.1, -0.05) is 17.7 Å². The maximum absolute atomic E-state index is 10.7. The highest BCUT2D eigenvalue weighted by atomic mass is 35.7. The first-order valence-electron chi connectivity index (χ1n) is 3.39. The van der Waals surface area contributed by atoms with Gasteiger partial charge in [0.1, 0.15) is 0 Å². The van der Waals surface area contributed by atoms with Crippen LogP contribution in [0.1, 0.15) is 5.56 Å². The minimum Gasteiger partial charge on any atom is -0.255 e. The van der Waals surface area contributed by atoms with Gasteiger partial charge in [0.15, 0.2) is 0 Å². The molecule has 0 fully saturated rings. The van der Waals surface area contributed by atoms with Crippen molar-refractivity contribution in [1.29, 1.82) is 0 Å². The summed E-state index contributed by atoms with van der Waals surface area (Å²) in [4.78, 5) is 0.143. The number of benzene rings is 1. The van der Waals surface area contributed by atoms with Gasteiger partial charge in [0.05, 0.1) is 12.1 Å². The number of aryl methyl sites for hydroxylation is 1. The monoisotopic (exact) mass is 224 g/mol. The van der Waals surface area contributed by atoms with Crippen LogP contribution in [0.15, 0.2) is 29.2 Å². The van der Waals surface area contributed by atoms with Crippen molar-refractivity contribution in [3.05, 3.63) is 29.8 Å². The van der Waals surface area contributed by atoms with Gasteiger partial charge in [-0.05, 0) is 19.1 Å². The largest absolute Gasteiger partial charge is 0.261 e. The Kier molecular flexibility index (Phi) is 4.95. The summed E-state index contributed by atoms with van der Waals surface area (Å²) in [6.45, 7) is 1.88. The zero-order valence-electron chi connectivity index (χ0n) is 7.29. The van der Waals surface area contributed by atoms with E-state index >= 15 is 0 Å². The zero-order chi connectivity index (χ0) is 10.5. The molecule has 0 unspecified atom stereocenters. The van der Waals surface area contributed by atoms with Crippen molar-refractivity contribution in [3.8, 4) is 0 Å². The number of rotatable bonds is 1. The van der Waals surface area contributed by atoms with Crippen molar-refractivity contribution in [2.75, 3.05) is 7.18 Å². The van der Waals surface area contributed by atoms with Crippen LogP contribution in [0.2, 0.25) is 0 Å². The van der Waals surface area contributed by atoms with Crippen molar-refractivity contribution in [2.45, 2.75) is 11.8 Å². The molecule has 0 aliphatic rings. The van der Waals surface area contributed by atoms with Crippen LogP contribution in [0, 0.1) is 6.92 Å². The molecule has 0 aromatic heterocycles. The molecule has 74 valence electrons. The molecule has 0 saturated carbocycles. The molecule has 5 heteroatoms. The lowest BCUT2D eigenvalue weighted by molar-refractivity contribution is 0.609. The topological polar surface area (TPSA) is 34.1 Å². The third kappa shape index (κ3) is 4.24. The third-order valence-corrected chi connectivity index (χ3v) is 2.67. The highest BCUT2D eigenvalue weighted by Crippen LogP contribution is 2.14. The molecule has 0 radical (unpaired) electrons. The quantitative estimate of drug-likeness (QED) is 0.687. The van der Waals surface area contributed by atoms with Gasteiger partial charge in [0, 0.05) is 10.7 Å². The van der Waals surface area contributed by atoms with E-state index in [9.17, 15) is 12.8 Å². The highest BCUT2D eigenvalue weighted by Gasteiger charge is 2.07. The summed E-state index contributed by atoms with van der Waals surface area (Å²) in [6.07, 6.45) is 0. The molecule has 0 spiro atoms. The second-order valence-corrected chi connectivity index (χ2v) is 4.82. The van der Waals surface area contributed by atoms with Gasteiger partial charge < -0.3 is 0 Å². The van der Waals surface area contributed by atoms with Gasteiger partial charge >= 0.3 is 0 Å². The lowest BCUT2D eigenvalue weighted by Gasteiger charge is -1.94. The Balaban J connectivity index is 0.000000671. The molecular formula is C8H10ClFO2S. The molecule has 0 amide bonds. The van der Waals surface area contributed by atoms with Crippen molar-refractivity contribution >= 4 is 19.7 Å². The van der Waals surface area contributed by atoms with E-state index < -0.39 is 9.05 Å². The first-order chi connectivity index (χ1) is 6.00. The minimum absolute atomic E-state index is 0.143. The highest BCUT2D eigenvalue weighted by molar-refractivity contribution is 8.13. The van der Waals surface area contributed by atoms with Gasteiger partial charge in [-0.2, -0.15) is 0 Å². The van der Waals surface area contributed by atoms with E-state index in [0.717, 1.165) is 5.56 Å². The number of hydrogen-bond donors (Lipinski definition) is 0. The predicted molar refractivity (Wildman–Crippen MR) is 51.2 cm³/mol. The summed E-state index contributed by atoms with van der Waals surface area (Å²) in [5.74, 6) is 0. The van der Waals surface area contributed by atoms with E-state index in [4.69, 9.17) is 10.7 Å². The molecule has 0 aliphatic carbocycles. The van der Waals surface area contributed by atoms with Gasteiger partial charge in [-0.3, -0.25) is 4.39 Å². The predicted octanol–water partition coefficient (Wildman–Crippen LogP) is 2.51. The van der Waals surface area contributed by atoms with E-state index in [1.54, 1.807) is 12.1 Å². The van der Waals surface area contributed by atoms with E-state index in [-0.39, 0.29) is 4.90 Å². The van der Waals surface area contributed by atoms with E-state index in [2.05, 4.69) is 0 Å². The molecular weight excluding hydrogens is 215 g/mol. The molecule has 1 aromatic carbocycles. The van der Waals surface area contributed by atoms with Crippen LogP contribution in [0.5, 0.6) is 0 Å². The molecule has 0 heterocycles.